The van der Waals surface area contributed by atoms with Gasteiger partial charge in [-0.05, 0) is 29.8 Å². The molecule has 2 aromatic carbocycles. The van der Waals surface area contributed by atoms with Gasteiger partial charge in [-0.2, -0.15) is 0 Å². The highest BCUT2D eigenvalue weighted by molar-refractivity contribution is 6.07. The van der Waals surface area contributed by atoms with Crippen molar-refractivity contribution in [3.63, 3.8) is 0 Å². The summed E-state index contributed by atoms with van der Waals surface area (Å²) in [4.78, 5) is 22.6. The Labute approximate surface area is 110 Å². The fraction of sp³-hybridized carbons (Fsp3) is 0. The number of aromatic hydroxyl groups is 1. The maximum absolute atomic E-state index is 11.9. The van der Waals surface area contributed by atoms with Gasteiger partial charge in [0, 0.05) is 5.56 Å². The standard InChI is InChI=1S/C16H12O3/c17-11-14-10-13(7-9-16(14)19)15(18)8-6-12-4-2-1-3-5-12/h1-11,19H/b8-6+. The van der Waals surface area contributed by atoms with Gasteiger partial charge in [-0.3, -0.25) is 9.59 Å². The molecule has 0 spiro atoms. The lowest BCUT2D eigenvalue weighted by atomic mass is 10.1. The number of carbonyl (C=O) groups excluding carboxylic acids is 2. The van der Waals surface area contributed by atoms with Crippen molar-refractivity contribution in [1.29, 1.82) is 0 Å². The molecule has 0 aliphatic rings. The number of carbonyl (C=O) groups is 2. The molecule has 94 valence electrons. The minimum Gasteiger partial charge on any atom is -0.507 e. The molecule has 0 aliphatic carbocycles. The minimum atomic E-state index is -0.216. The Balaban J connectivity index is 2.21. The lowest BCUT2D eigenvalue weighted by Crippen LogP contribution is -1.95. The van der Waals surface area contributed by atoms with Crippen LogP contribution in [0.1, 0.15) is 26.3 Å². The predicted molar refractivity (Wildman–Crippen MR) is 73.3 cm³/mol. The second-order valence-electron chi connectivity index (χ2n) is 4.00. The van der Waals surface area contributed by atoms with Gasteiger partial charge in [-0.1, -0.05) is 36.4 Å². The van der Waals surface area contributed by atoms with Gasteiger partial charge in [0.05, 0.1) is 5.56 Å². The third-order valence-electron chi connectivity index (χ3n) is 2.67. The van der Waals surface area contributed by atoms with E-state index in [1.165, 1.54) is 24.3 Å². The van der Waals surface area contributed by atoms with Crippen molar-refractivity contribution in [2.24, 2.45) is 0 Å². The maximum atomic E-state index is 11.9. The van der Waals surface area contributed by atoms with E-state index in [4.69, 9.17) is 0 Å². The highest BCUT2D eigenvalue weighted by Crippen LogP contribution is 2.17. The zero-order chi connectivity index (χ0) is 13.7. The van der Waals surface area contributed by atoms with Crippen LogP contribution in [0.15, 0.2) is 54.6 Å². The van der Waals surface area contributed by atoms with Crippen molar-refractivity contribution in [2.45, 2.75) is 0 Å². The molecule has 0 atom stereocenters. The molecule has 3 heteroatoms. The minimum absolute atomic E-state index is 0.110. The van der Waals surface area contributed by atoms with Crippen LogP contribution in [0.2, 0.25) is 0 Å². The van der Waals surface area contributed by atoms with Crippen LogP contribution >= 0.6 is 0 Å². The van der Waals surface area contributed by atoms with Crippen molar-refractivity contribution in [1.82, 2.24) is 0 Å². The maximum Gasteiger partial charge on any atom is 0.185 e. The van der Waals surface area contributed by atoms with E-state index in [1.807, 2.05) is 30.3 Å². The molecule has 1 N–H and O–H groups in total. The quantitative estimate of drug-likeness (QED) is 0.517. The first kappa shape index (κ1) is 12.8. The summed E-state index contributed by atoms with van der Waals surface area (Å²) in [5.41, 5.74) is 1.40. The molecule has 3 nitrogen and oxygen atoms in total. The van der Waals surface area contributed by atoms with Gasteiger partial charge in [0.15, 0.2) is 12.1 Å². The Morgan fingerprint density at radius 1 is 1.05 bits per heavy atom. The van der Waals surface area contributed by atoms with Crippen LogP contribution in [0, 0.1) is 0 Å². The Morgan fingerprint density at radius 3 is 2.47 bits per heavy atom. The van der Waals surface area contributed by atoms with E-state index < -0.39 is 0 Å². The predicted octanol–water partition coefficient (Wildman–Crippen LogP) is 3.10. The topological polar surface area (TPSA) is 54.4 Å². The van der Waals surface area contributed by atoms with Crippen LogP contribution < -0.4 is 0 Å². The average molecular weight is 252 g/mol. The van der Waals surface area contributed by atoms with Crippen LogP contribution in [0.5, 0.6) is 5.75 Å². The van der Waals surface area contributed by atoms with E-state index in [-0.39, 0.29) is 17.1 Å². The Hall–Kier alpha value is -2.68. The second kappa shape index (κ2) is 5.78. The van der Waals surface area contributed by atoms with E-state index in [0.717, 1.165) is 5.56 Å². The summed E-state index contributed by atoms with van der Waals surface area (Å²) in [7, 11) is 0. The second-order valence-corrected chi connectivity index (χ2v) is 4.00. The molecule has 0 saturated carbocycles. The number of aldehydes is 1. The molecule has 0 aromatic heterocycles. The molecule has 0 amide bonds. The van der Waals surface area contributed by atoms with Gasteiger partial charge in [0.25, 0.3) is 0 Å². The zero-order valence-electron chi connectivity index (χ0n) is 10.1. The molecule has 0 fully saturated rings. The molecule has 0 radical (unpaired) electrons. The van der Waals surface area contributed by atoms with Crippen molar-refractivity contribution >= 4 is 18.1 Å². The molecule has 0 aliphatic heterocycles. The fourth-order valence-corrected chi connectivity index (χ4v) is 1.63. The normalized spacial score (nSPS) is 10.5. The van der Waals surface area contributed by atoms with Gasteiger partial charge in [0.2, 0.25) is 0 Å². The van der Waals surface area contributed by atoms with Gasteiger partial charge in [-0.15, -0.1) is 0 Å². The van der Waals surface area contributed by atoms with Gasteiger partial charge in [-0.25, -0.2) is 0 Å². The molecule has 2 rings (SSSR count). The molecule has 2 aromatic rings. The van der Waals surface area contributed by atoms with Gasteiger partial charge in [0.1, 0.15) is 5.75 Å². The highest BCUT2D eigenvalue weighted by Gasteiger charge is 2.06. The SMILES string of the molecule is O=Cc1cc(C(=O)/C=C/c2ccccc2)ccc1O. The Bertz CT molecular complexity index is 628. The first-order valence-electron chi connectivity index (χ1n) is 5.76. The van der Waals surface area contributed by atoms with Gasteiger partial charge < -0.3 is 5.11 Å². The van der Waals surface area contributed by atoms with Crippen molar-refractivity contribution in [3.05, 3.63) is 71.3 Å². The largest absolute Gasteiger partial charge is 0.507 e. The van der Waals surface area contributed by atoms with Crippen LogP contribution in [0.4, 0.5) is 0 Å². The fourth-order valence-electron chi connectivity index (χ4n) is 1.63. The number of hydrogen-bond acceptors (Lipinski definition) is 3. The third-order valence-corrected chi connectivity index (χ3v) is 2.67. The summed E-state index contributed by atoms with van der Waals surface area (Å²) in [6.45, 7) is 0. The molecule has 0 bridgehead atoms. The zero-order valence-corrected chi connectivity index (χ0v) is 10.1. The number of allylic oxidation sites excluding steroid dienone is 1. The number of phenols is 1. The number of ketones is 1. The molecule has 19 heavy (non-hydrogen) atoms. The van der Waals surface area contributed by atoms with Crippen LogP contribution in [0.3, 0.4) is 0 Å². The van der Waals surface area contributed by atoms with Crippen LogP contribution in [-0.4, -0.2) is 17.2 Å². The molecular formula is C16H12O3. The van der Waals surface area contributed by atoms with Crippen molar-refractivity contribution < 1.29 is 14.7 Å². The Morgan fingerprint density at radius 2 is 1.79 bits per heavy atom. The Kier molecular flexibility index (Phi) is 3.88. The number of phenolic OH excluding ortho intramolecular Hbond substituents is 1. The highest BCUT2D eigenvalue weighted by atomic mass is 16.3. The third kappa shape index (κ3) is 3.16. The van der Waals surface area contributed by atoms with Crippen molar-refractivity contribution in [2.75, 3.05) is 0 Å². The first-order valence-corrected chi connectivity index (χ1v) is 5.76. The summed E-state index contributed by atoms with van der Waals surface area (Å²) in [6.07, 6.45) is 3.67. The van der Waals surface area contributed by atoms with E-state index in [0.29, 0.717) is 11.8 Å². The average Bonchev–Trinajstić information content (AvgIpc) is 2.46. The van der Waals surface area contributed by atoms with E-state index in [1.54, 1.807) is 6.08 Å². The number of benzene rings is 2. The summed E-state index contributed by atoms with van der Waals surface area (Å²) < 4.78 is 0. The molecule has 0 heterocycles. The van der Waals surface area contributed by atoms with E-state index in [2.05, 4.69) is 0 Å². The van der Waals surface area contributed by atoms with E-state index in [9.17, 15) is 14.7 Å². The van der Waals surface area contributed by atoms with Gasteiger partial charge >= 0.3 is 0 Å². The van der Waals surface area contributed by atoms with Crippen LogP contribution in [-0.2, 0) is 0 Å². The van der Waals surface area contributed by atoms with E-state index >= 15 is 0 Å². The lowest BCUT2D eigenvalue weighted by Gasteiger charge is -2.00. The lowest BCUT2D eigenvalue weighted by molar-refractivity contribution is 0.104. The summed E-state index contributed by atoms with van der Waals surface area (Å²) >= 11 is 0. The summed E-state index contributed by atoms with van der Waals surface area (Å²) in [5.74, 6) is -0.342. The summed E-state index contributed by atoms with van der Waals surface area (Å²) in [5, 5.41) is 9.36. The molecular weight excluding hydrogens is 240 g/mol. The first-order chi connectivity index (χ1) is 9.20. The number of rotatable bonds is 4. The summed E-state index contributed by atoms with van der Waals surface area (Å²) in [6, 6.07) is 13.6. The van der Waals surface area contributed by atoms with Crippen molar-refractivity contribution in [3.8, 4) is 5.75 Å². The van der Waals surface area contributed by atoms with Crippen LogP contribution in [0.25, 0.3) is 6.08 Å². The number of hydrogen-bond donors (Lipinski definition) is 1. The molecule has 0 saturated heterocycles. The molecule has 0 unspecified atom stereocenters. The smallest absolute Gasteiger partial charge is 0.185 e. The monoisotopic (exact) mass is 252 g/mol.